The topological polar surface area (TPSA) is 21.3 Å². The van der Waals surface area contributed by atoms with Crippen LogP contribution in [0, 0.1) is 0 Å². The number of ether oxygens (including phenoxy) is 1. The molecule has 136 valence electrons. The molecular formula is C20H24BrCl2NO. The molecule has 0 aliphatic rings. The van der Waals surface area contributed by atoms with Gasteiger partial charge in [-0.05, 0) is 43.3 Å². The van der Waals surface area contributed by atoms with Crippen molar-refractivity contribution in [2.45, 2.75) is 45.8 Å². The van der Waals surface area contributed by atoms with Gasteiger partial charge in [-0.25, -0.2) is 0 Å². The molecule has 2 nitrogen and oxygen atoms in total. The van der Waals surface area contributed by atoms with Crippen LogP contribution in [0.2, 0.25) is 10.0 Å². The zero-order chi connectivity index (χ0) is 18.1. The Bertz CT molecular complexity index is 658. The van der Waals surface area contributed by atoms with Crippen LogP contribution < -0.4 is 10.1 Å². The highest BCUT2D eigenvalue weighted by Gasteiger charge is 2.09. The van der Waals surface area contributed by atoms with Crippen molar-refractivity contribution in [1.29, 1.82) is 0 Å². The maximum Gasteiger partial charge on any atom is 0.124 e. The lowest BCUT2D eigenvalue weighted by Crippen LogP contribution is -2.15. The highest BCUT2D eigenvalue weighted by molar-refractivity contribution is 9.10. The summed E-state index contributed by atoms with van der Waals surface area (Å²) in [4.78, 5) is 0. The van der Waals surface area contributed by atoms with E-state index in [1.807, 2.05) is 30.3 Å². The number of nitrogens with one attached hydrogen (secondary N) is 1. The molecule has 2 aromatic rings. The Kier molecular flexibility index (Phi) is 9.11. The lowest BCUT2D eigenvalue weighted by atomic mass is 10.1. The molecule has 0 spiro atoms. The highest BCUT2D eigenvalue weighted by atomic mass is 79.9. The first kappa shape index (κ1) is 20.6. The first-order valence-electron chi connectivity index (χ1n) is 8.66. The number of unbranched alkanes of at least 4 members (excludes halogenated alkanes) is 3. The monoisotopic (exact) mass is 443 g/mol. The Morgan fingerprint density at radius 1 is 1.04 bits per heavy atom. The van der Waals surface area contributed by atoms with Gasteiger partial charge >= 0.3 is 0 Å². The van der Waals surface area contributed by atoms with Gasteiger partial charge in [-0.15, -0.1) is 0 Å². The molecule has 0 atom stereocenters. The molecule has 0 aromatic heterocycles. The van der Waals surface area contributed by atoms with Gasteiger partial charge in [-0.2, -0.15) is 0 Å². The summed E-state index contributed by atoms with van der Waals surface area (Å²) in [6.45, 7) is 4.37. The van der Waals surface area contributed by atoms with E-state index in [4.69, 9.17) is 27.9 Å². The number of benzene rings is 2. The fourth-order valence-corrected chi connectivity index (χ4v) is 3.46. The zero-order valence-electron chi connectivity index (χ0n) is 14.5. The van der Waals surface area contributed by atoms with Gasteiger partial charge in [0.15, 0.2) is 0 Å². The van der Waals surface area contributed by atoms with Crippen molar-refractivity contribution in [3.8, 4) is 5.75 Å². The largest absolute Gasteiger partial charge is 0.488 e. The lowest BCUT2D eigenvalue weighted by Gasteiger charge is -2.14. The second kappa shape index (κ2) is 11.1. The first-order valence-corrected chi connectivity index (χ1v) is 10.2. The second-order valence-corrected chi connectivity index (χ2v) is 7.71. The summed E-state index contributed by atoms with van der Waals surface area (Å²) in [7, 11) is 0. The Morgan fingerprint density at radius 2 is 1.80 bits per heavy atom. The highest BCUT2D eigenvalue weighted by Crippen LogP contribution is 2.28. The molecule has 2 rings (SSSR count). The van der Waals surface area contributed by atoms with Crippen LogP contribution >= 0.6 is 39.1 Å². The fourth-order valence-electron chi connectivity index (χ4n) is 2.55. The molecule has 0 aliphatic heterocycles. The third-order valence-electron chi connectivity index (χ3n) is 3.98. The SMILES string of the molecule is CCCCCCNCc1cc(Br)ccc1OCc1c(Cl)cccc1Cl. The van der Waals surface area contributed by atoms with E-state index in [1.54, 1.807) is 0 Å². The Hall–Kier alpha value is -0.740. The number of hydrogen-bond acceptors (Lipinski definition) is 2. The van der Waals surface area contributed by atoms with Gasteiger partial charge < -0.3 is 10.1 Å². The summed E-state index contributed by atoms with van der Waals surface area (Å²) in [6, 6.07) is 11.5. The summed E-state index contributed by atoms with van der Waals surface area (Å²) < 4.78 is 7.05. The lowest BCUT2D eigenvalue weighted by molar-refractivity contribution is 0.302. The molecule has 25 heavy (non-hydrogen) atoms. The molecule has 0 fully saturated rings. The average Bonchev–Trinajstić information content (AvgIpc) is 2.59. The molecule has 0 saturated carbocycles. The van der Waals surface area contributed by atoms with E-state index in [0.717, 1.165) is 34.4 Å². The van der Waals surface area contributed by atoms with Crippen LogP contribution in [0.15, 0.2) is 40.9 Å². The van der Waals surface area contributed by atoms with Crippen LogP contribution in [0.5, 0.6) is 5.75 Å². The quantitative estimate of drug-likeness (QED) is 0.398. The van der Waals surface area contributed by atoms with Crippen molar-refractivity contribution in [2.24, 2.45) is 0 Å². The maximum absolute atomic E-state index is 6.22. The van der Waals surface area contributed by atoms with Gasteiger partial charge in [0.2, 0.25) is 0 Å². The van der Waals surface area contributed by atoms with E-state index in [9.17, 15) is 0 Å². The summed E-state index contributed by atoms with van der Waals surface area (Å²) in [6.07, 6.45) is 5.03. The molecular weight excluding hydrogens is 421 g/mol. The van der Waals surface area contributed by atoms with E-state index < -0.39 is 0 Å². The van der Waals surface area contributed by atoms with Crippen molar-refractivity contribution in [3.05, 3.63) is 62.0 Å². The average molecular weight is 445 g/mol. The Labute approximate surface area is 169 Å². The molecule has 0 aliphatic carbocycles. The molecule has 0 amide bonds. The molecule has 5 heteroatoms. The molecule has 0 bridgehead atoms. The number of rotatable bonds is 10. The predicted octanol–water partition coefficient (Wildman–Crippen LogP) is 7.00. The van der Waals surface area contributed by atoms with Gasteiger partial charge in [0.25, 0.3) is 0 Å². The van der Waals surface area contributed by atoms with Gasteiger partial charge in [0, 0.05) is 32.2 Å². The third-order valence-corrected chi connectivity index (χ3v) is 5.18. The van der Waals surface area contributed by atoms with E-state index in [0.29, 0.717) is 16.7 Å². The van der Waals surface area contributed by atoms with Crippen LogP contribution in [-0.4, -0.2) is 6.54 Å². The van der Waals surface area contributed by atoms with Crippen LogP contribution in [0.3, 0.4) is 0 Å². The van der Waals surface area contributed by atoms with E-state index in [-0.39, 0.29) is 0 Å². The second-order valence-electron chi connectivity index (χ2n) is 5.98. The van der Waals surface area contributed by atoms with Crippen molar-refractivity contribution >= 4 is 39.1 Å². The number of halogens is 3. The van der Waals surface area contributed by atoms with Gasteiger partial charge in [0.1, 0.15) is 12.4 Å². The molecule has 0 heterocycles. The normalized spacial score (nSPS) is 10.9. The summed E-state index contributed by atoms with van der Waals surface area (Å²) in [5.41, 5.74) is 1.93. The number of hydrogen-bond donors (Lipinski definition) is 1. The van der Waals surface area contributed by atoms with Crippen LogP contribution in [0.25, 0.3) is 0 Å². The Balaban J connectivity index is 1.96. The smallest absolute Gasteiger partial charge is 0.124 e. The van der Waals surface area contributed by atoms with Crippen molar-refractivity contribution < 1.29 is 4.74 Å². The standard InChI is InChI=1S/C20H24BrCl2NO/c1-2-3-4-5-11-24-13-15-12-16(21)9-10-20(15)25-14-17-18(22)7-6-8-19(17)23/h6-10,12,24H,2-5,11,13-14H2,1H3. The third kappa shape index (κ3) is 6.82. The van der Waals surface area contributed by atoms with Crippen LogP contribution in [-0.2, 0) is 13.2 Å². The zero-order valence-corrected chi connectivity index (χ0v) is 17.6. The van der Waals surface area contributed by atoms with Crippen molar-refractivity contribution in [2.75, 3.05) is 6.54 Å². The molecule has 1 N–H and O–H groups in total. The van der Waals surface area contributed by atoms with E-state index in [1.165, 1.54) is 25.7 Å². The molecule has 0 saturated heterocycles. The Morgan fingerprint density at radius 3 is 2.52 bits per heavy atom. The minimum atomic E-state index is 0.351. The fraction of sp³-hybridized carbons (Fsp3) is 0.400. The van der Waals surface area contributed by atoms with Crippen molar-refractivity contribution in [3.63, 3.8) is 0 Å². The van der Waals surface area contributed by atoms with E-state index in [2.05, 4.69) is 34.2 Å². The molecule has 2 aromatic carbocycles. The molecule has 0 unspecified atom stereocenters. The van der Waals surface area contributed by atoms with E-state index >= 15 is 0 Å². The summed E-state index contributed by atoms with van der Waals surface area (Å²) >= 11 is 16.0. The minimum absolute atomic E-state index is 0.351. The van der Waals surface area contributed by atoms with Crippen LogP contribution in [0.4, 0.5) is 0 Å². The van der Waals surface area contributed by atoms with Crippen molar-refractivity contribution in [1.82, 2.24) is 5.32 Å². The van der Waals surface area contributed by atoms with Crippen LogP contribution in [0.1, 0.15) is 43.7 Å². The molecule has 0 radical (unpaired) electrons. The van der Waals surface area contributed by atoms with Gasteiger partial charge in [0.05, 0.1) is 0 Å². The van der Waals surface area contributed by atoms with Gasteiger partial charge in [-0.1, -0.05) is 71.4 Å². The minimum Gasteiger partial charge on any atom is -0.488 e. The van der Waals surface area contributed by atoms with Gasteiger partial charge in [-0.3, -0.25) is 0 Å². The predicted molar refractivity (Wildman–Crippen MR) is 111 cm³/mol. The summed E-state index contributed by atoms with van der Waals surface area (Å²) in [5, 5.41) is 4.75. The summed E-state index contributed by atoms with van der Waals surface area (Å²) in [5.74, 6) is 0.847. The maximum atomic E-state index is 6.22. The first-order chi connectivity index (χ1) is 12.1.